The number of rotatable bonds is 9. The van der Waals surface area contributed by atoms with Gasteiger partial charge in [-0.3, -0.25) is 14.5 Å². The second-order valence-electron chi connectivity index (χ2n) is 9.01. The van der Waals surface area contributed by atoms with E-state index in [2.05, 4.69) is 15.5 Å². The molecule has 0 spiro atoms. The summed E-state index contributed by atoms with van der Waals surface area (Å²) < 4.78 is 13.0. The molecule has 1 heterocycles. The van der Waals surface area contributed by atoms with Crippen LogP contribution in [0.1, 0.15) is 56.9 Å². The van der Waals surface area contributed by atoms with Crippen LogP contribution in [-0.4, -0.2) is 41.9 Å². The number of nitrogens with zero attached hydrogens (tertiary/aromatic N) is 1. The second-order valence-corrected chi connectivity index (χ2v) is 9.01. The summed E-state index contributed by atoms with van der Waals surface area (Å²) in [4.78, 5) is 27.2. The van der Waals surface area contributed by atoms with Crippen molar-refractivity contribution in [3.8, 4) is 0 Å². The second kappa shape index (κ2) is 9.24. The first-order chi connectivity index (χ1) is 14.1. The lowest BCUT2D eigenvalue weighted by Gasteiger charge is -2.31. The number of amides is 2. The first-order valence-electron chi connectivity index (χ1n) is 11.1. The molecule has 2 N–H and O–H groups in total. The fourth-order valence-corrected chi connectivity index (χ4v) is 4.47. The van der Waals surface area contributed by atoms with Crippen LogP contribution < -0.4 is 10.6 Å². The highest BCUT2D eigenvalue weighted by atomic mass is 19.1. The van der Waals surface area contributed by atoms with Crippen molar-refractivity contribution in [1.29, 1.82) is 0 Å². The lowest BCUT2D eigenvalue weighted by Crippen LogP contribution is -2.47. The minimum Gasteiger partial charge on any atom is -0.354 e. The van der Waals surface area contributed by atoms with Crippen LogP contribution in [0, 0.1) is 17.7 Å². The van der Waals surface area contributed by atoms with Gasteiger partial charge in [0.05, 0.1) is 0 Å². The smallest absolute Gasteiger partial charge is 0.223 e. The molecule has 0 bridgehead atoms. The molecule has 2 amide bonds. The summed E-state index contributed by atoms with van der Waals surface area (Å²) in [6.45, 7) is 2.17. The highest BCUT2D eigenvalue weighted by Gasteiger charge is 2.38. The SMILES string of the molecule is O=C(C[C@H]1CC[C@@H](CNC(=O)C2CCC2)N1CC1CC1)NCc1ccc(F)cc1. The number of likely N-dealkylation sites (tertiary alicyclic amines) is 1. The van der Waals surface area contributed by atoms with E-state index in [9.17, 15) is 14.0 Å². The van der Waals surface area contributed by atoms with Gasteiger partial charge in [0.25, 0.3) is 0 Å². The molecular weight excluding hydrogens is 369 g/mol. The molecule has 0 radical (unpaired) electrons. The van der Waals surface area contributed by atoms with E-state index in [-0.39, 0.29) is 29.6 Å². The zero-order chi connectivity index (χ0) is 20.2. The largest absolute Gasteiger partial charge is 0.354 e. The van der Waals surface area contributed by atoms with Crippen molar-refractivity contribution in [3.05, 3.63) is 35.6 Å². The molecule has 2 aliphatic carbocycles. The van der Waals surface area contributed by atoms with Gasteiger partial charge in [0.2, 0.25) is 11.8 Å². The van der Waals surface area contributed by atoms with Gasteiger partial charge >= 0.3 is 0 Å². The molecular formula is C23H32FN3O2. The van der Waals surface area contributed by atoms with Crippen molar-refractivity contribution in [2.45, 2.75) is 70.0 Å². The maximum Gasteiger partial charge on any atom is 0.223 e. The van der Waals surface area contributed by atoms with Crippen LogP contribution >= 0.6 is 0 Å². The minimum absolute atomic E-state index is 0.0410. The molecule has 3 aliphatic rings. The number of hydrogen-bond acceptors (Lipinski definition) is 3. The minimum atomic E-state index is -0.266. The number of benzene rings is 1. The monoisotopic (exact) mass is 401 g/mol. The number of carbonyl (C=O) groups excluding carboxylic acids is 2. The van der Waals surface area contributed by atoms with Crippen LogP contribution in [0.4, 0.5) is 4.39 Å². The highest BCUT2D eigenvalue weighted by molar-refractivity contribution is 5.79. The van der Waals surface area contributed by atoms with Crippen molar-refractivity contribution in [3.63, 3.8) is 0 Å². The van der Waals surface area contributed by atoms with Crippen molar-refractivity contribution in [1.82, 2.24) is 15.5 Å². The van der Waals surface area contributed by atoms with Gasteiger partial charge in [-0.15, -0.1) is 0 Å². The number of halogens is 1. The lowest BCUT2D eigenvalue weighted by molar-refractivity contribution is -0.127. The predicted octanol–water partition coefficient (Wildman–Crippen LogP) is 2.99. The molecule has 4 rings (SSSR count). The van der Waals surface area contributed by atoms with E-state index < -0.39 is 0 Å². The molecule has 1 aromatic carbocycles. The van der Waals surface area contributed by atoms with Crippen molar-refractivity contribution in [2.24, 2.45) is 11.8 Å². The molecule has 158 valence electrons. The van der Waals surface area contributed by atoms with E-state index in [1.165, 1.54) is 31.4 Å². The van der Waals surface area contributed by atoms with Crippen LogP contribution in [0.25, 0.3) is 0 Å². The Balaban J connectivity index is 1.26. The molecule has 3 fully saturated rings. The Morgan fingerprint density at radius 3 is 2.34 bits per heavy atom. The molecule has 1 aliphatic heterocycles. The highest BCUT2D eigenvalue weighted by Crippen LogP contribution is 2.35. The fraction of sp³-hybridized carbons (Fsp3) is 0.652. The van der Waals surface area contributed by atoms with Gasteiger partial charge in [-0.1, -0.05) is 18.6 Å². The summed E-state index contributed by atoms with van der Waals surface area (Å²) in [6.07, 6.45) is 8.31. The normalized spacial score (nSPS) is 24.9. The Morgan fingerprint density at radius 2 is 1.69 bits per heavy atom. The van der Waals surface area contributed by atoms with E-state index in [0.717, 1.165) is 43.7 Å². The quantitative estimate of drug-likeness (QED) is 0.669. The lowest BCUT2D eigenvalue weighted by atomic mass is 9.85. The summed E-state index contributed by atoms with van der Waals surface area (Å²) >= 11 is 0. The van der Waals surface area contributed by atoms with Crippen LogP contribution in [0.15, 0.2) is 24.3 Å². The first kappa shape index (κ1) is 20.3. The van der Waals surface area contributed by atoms with E-state index >= 15 is 0 Å². The zero-order valence-corrected chi connectivity index (χ0v) is 17.0. The Kier molecular flexibility index (Phi) is 6.48. The molecule has 0 aromatic heterocycles. The van der Waals surface area contributed by atoms with Crippen LogP contribution in [0.5, 0.6) is 0 Å². The number of carbonyl (C=O) groups is 2. The molecule has 2 saturated carbocycles. The summed E-state index contributed by atoms with van der Waals surface area (Å²) in [5.74, 6) is 0.962. The fourth-order valence-electron chi connectivity index (χ4n) is 4.47. The van der Waals surface area contributed by atoms with Crippen molar-refractivity contribution in [2.75, 3.05) is 13.1 Å². The summed E-state index contributed by atoms with van der Waals surface area (Å²) in [5, 5.41) is 6.14. The Morgan fingerprint density at radius 1 is 0.966 bits per heavy atom. The molecule has 6 heteroatoms. The van der Waals surface area contributed by atoms with Crippen molar-refractivity contribution < 1.29 is 14.0 Å². The van der Waals surface area contributed by atoms with Crippen molar-refractivity contribution >= 4 is 11.8 Å². The maximum atomic E-state index is 13.0. The average molecular weight is 402 g/mol. The van der Waals surface area contributed by atoms with Gasteiger partial charge in [0, 0.05) is 44.1 Å². The number of hydrogen-bond donors (Lipinski definition) is 2. The Labute approximate surface area is 172 Å². The third kappa shape index (κ3) is 5.56. The van der Waals surface area contributed by atoms with E-state index in [4.69, 9.17) is 0 Å². The third-order valence-electron chi connectivity index (χ3n) is 6.75. The molecule has 0 unspecified atom stereocenters. The van der Waals surface area contributed by atoms with Gasteiger partial charge in [-0.2, -0.15) is 0 Å². The molecule has 1 saturated heterocycles. The van der Waals surface area contributed by atoms with E-state index in [1.54, 1.807) is 12.1 Å². The van der Waals surface area contributed by atoms with E-state index in [0.29, 0.717) is 25.6 Å². The van der Waals surface area contributed by atoms with Crippen LogP contribution in [0.2, 0.25) is 0 Å². The van der Waals surface area contributed by atoms with Gasteiger partial charge in [-0.05, 0) is 62.1 Å². The van der Waals surface area contributed by atoms with Gasteiger partial charge in [0.15, 0.2) is 0 Å². The van der Waals surface area contributed by atoms with Crippen LogP contribution in [-0.2, 0) is 16.1 Å². The van der Waals surface area contributed by atoms with E-state index in [1.807, 2.05) is 0 Å². The third-order valence-corrected chi connectivity index (χ3v) is 6.75. The molecule has 1 aromatic rings. The average Bonchev–Trinajstić information content (AvgIpc) is 3.40. The summed E-state index contributed by atoms with van der Waals surface area (Å²) in [6, 6.07) is 6.82. The maximum absolute atomic E-state index is 13.0. The van der Waals surface area contributed by atoms with Gasteiger partial charge in [-0.25, -0.2) is 4.39 Å². The first-order valence-corrected chi connectivity index (χ1v) is 11.1. The van der Waals surface area contributed by atoms with Crippen LogP contribution in [0.3, 0.4) is 0 Å². The van der Waals surface area contributed by atoms with Gasteiger partial charge in [0.1, 0.15) is 5.82 Å². The Bertz CT molecular complexity index is 715. The summed E-state index contributed by atoms with van der Waals surface area (Å²) in [5.41, 5.74) is 0.901. The summed E-state index contributed by atoms with van der Waals surface area (Å²) in [7, 11) is 0. The van der Waals surface area contributed by atoms with Gasteiger partial charge < -0.3 is 10.6 Å². The standard InChI is InChI=1S/C23H32FN3O2/c24-19-8-6-16(7-9-19)13-25-22(28)12-20-10-11-21(27(20)15-17-4-5-17)14-26-23(29)18-2-1-3-18/h6-9,17-18,20-21H,1-5,10-15H2,(H,25,28)(H,26,29)/t20-,21+/m1/s1. The molecule has 5 nitrogen and oxygen atoms in total. The predicted molar refractivity (Wildman–Crippen MR) is 109 cm³/mol. The number of nitrogens with one attached hydrogen (secondary N) is 2. The molecule has 29 heavy (non-hydrogen) atoms. The topological polar surface area (TPSA) is 61.4 Å². The zero-order valence-electron chi connectivity index (χ0n) is 17.0. The Hall–Kier alpha value is -1.95. The molecule has 2 atom stereocenters.